The van der Waals surface area contributed by atoms with E-state index in [1.54, 1.807) is 12.3 Å². The van der Waals surface area contributed by atoms with Crippen molar-refractivity contribution >= 4 is 21.8 Å². The largest absolute Gasteiger partial charge is 0.350 e. The number of nitrogens with one attached hydrogen (secondary N) is 2. The minimum atomic E-state index is -0.115. The Hall–Kier alpha value is -0.840. The molecule has 90 valence electrons. The Balaban J connectivity index is 2.32. The van der Waals surface area contributed by atoms with Gasteiger partial charge in [0.1, 0.15) is 5.69 Å². The number of aromatic nitrogens is 2. The summed E-state index contributed by atoms with van der Waals surface area (Å²) >= 11 is 3.56. The molecule has 1 rings (SSSR count). The lowest BCUT2D eigenvalue weighted by Crippen LogP contribution is -2.31. The average Bonchev–Trinajstić information content (AvgIpc) is 2.64. The quantitative estimate of drug-likeness (QED) is 0.835. The van der Waals surface area contributed by atoms with Crippen LogP contribution >= 0.6 is 15.9 Å². The van der Waals surface area contributed by atoms with Crippen LogP contribution in [-0.4, -0.2) is 27.5 Å². The Morgan fingerprint density at radius 3 is 2.81 bits per heavy atom. The number of H-pyrrole nitrogens is 1. The van der Waals surface area contributed by atoms with Crippen molar-refractivity contribution in [3.63, 3.8) is 0 Å². The van der Waals surface area contributed by atoms with E-state index in [0.717, 1.165) is 6.42 Å². The van der Waals surface area contributed by atoms with Crippen molar-refractivity contribution in [2.24, 2.45) is 5.41 Å². The molecule has 0 saturated carbocycles. The summed E-state index contributed by atoms with van der Waals surface area (Å²) in [5, 5.41) is 9.21. The summed E-state index contributed by atoms with van der Waals surface area (Å²) < 4.78 is 0. The maximum Gasteiger partial charge on any atom is 0.269 e. The van der Waals surface area contributed by atoms with E-state index in [4.69, 9.17) is 0 Å². The fraction of sp³-hybridized carbons (Fsp3) is 0.636. The highest BCUT2D eigenvalue weighted by atomic mass is 79.9. The summed E-state index contributed by atoms with van der Waals surface area (Å²) in [4.78, 5) is 11.9. The number of carbonyl (C=O) groups excluding carboxylic acids is 1. The molecule has 0 aliphatic rings. The molecular weight excluding hydrogens is 270 g/mol. The number of hydrogen-bond acceptors (Lipinski definition) is 2. The summed E-state index contributed by atoms with van der Waals surface area (Å²) in [6, 6.07) is 1.66. The van der Waals surface area contributed by atoms with Crippen molar-refractivity contribution in [3.8, 4) is 0 Å². The molecule has 0 fully saturated rings. The van der Waals surface area contributed by atoms with Crippen molar-refractivity contribution in [1.82, 2.24) is 15.5 Å². The van der Waals surface area contributed by atoms with Gasteiger partial charge in [-0.15, -0.1) is 0 Å². The van der Waals surface area contributed by atoms with E-state index >= 15 is 0 Å². The predicted molar refractivity (Wildman–Crippen MR) is 67.7 cm³/mol. The zero-order chi connectivity index (χ0) is 12.2. The van der Waals surface area contributed by atoms with Gasteiger partial charge in [-0.3, -0.25) is 9.89 Å². The second kappa shape index (κ2) is 5.48. The van der Waals surface area contributed by atoms with Crippen LogP contribution in [0.25, 0.3) is 0 Å². The van der Waals surface area contributed by atoms with Crippen molar-refractivity contribution in [2.45, 2.75) is 32.0 Å². The number of carbonyl (C=O) groups is 1. The second-order valence-corrected chi connectivity index (χ2v) is 6.34. The van der Waals surface area contributed by atoms with E-state index in [2.05, 4.69) is 52.2 Å². The molecule has 0 bridgehead atoms. The van der Waals surface area contributed by atoms with Gasteiger partial charge < -0.3 is 5.32 Å². The number of nitrogens with zero attached hydrogens (tertiary/aromatic N) is 1. The average molecular weight is 288 g/mol. The van der Waals surface area contributed by atoms with Gasteiger partial charge in [0.25, 0.3) is 5.91 Å². The zero-order valence-electron chi connectivity index (χ0n) is 9.88. The van der Waals surface area contributed by atoms with Gasteiger partial charge in [0.2, 0.25) is 0 Å². The Bertz CT molecular complexity index is 329. The van der Waals surface area contributed by atoms with Crippen LogP contribution in [0.1, 0.15) is 37.7 Å². The molecule has 0 aliphatic heterocycles. The number of amides is 1. The molecule has 5 heteroatoms. The Labute approximate surface area is 104 Å². The van der Waals surface area contributed by atoms with Gasteiger partial charge in [-0.25, -0.2) is 0 Å². The van der Waals surface area contributed by atoms with E-state index in [1.807, 2.05) is 0 Å². The SMILES string of the molecule is CC(C)(C)CC(Br)CNC(=O)c1ccn[nH]1. The first-order valence-corrected chi connectivity index (χ1v) is 6.22. The van der Waals surface area contributed by atoms with Crippen molar-refractivity contribution in [1.29, 1.82) is 0 Å². The van der Waals surface area contributed by atoms with Crippen molar-refractivity contribution in [2.75, 3.05) is 6.54 Å². The third kappa shape index (κ3) is 4.79. The van der Waals surface area contributed by atoms with Crippen LogP contribution < -0.4 is 5.32 Å². The van der Waals surface area contributed by atoms with Crippen LogP contribution in [0.2, 0.25) is 0 Å². The van der Waals surface area contributed by atoms with Crippen LogP contribution in [0.5, 0.6) is 0 Å². The van der Waals surface area contributed by atoms with Gasteiger partial charge in [0.05, 0.1) is 0 Å². The summed E-state index contributed by atoms with van der Waals surface area (Å²) in [6.07, 6.45) is 2.58. The monoisotopic (exact) mass is 287 g/mol. The molecular formula is C11H18BrN3O. The minimum absolute atomic E-state index is 0.115. The number of alkyl halides is 1. The van der Waals surface area contributed by atoms with Gasteiger partial charge >= 0.3 is 0 Å². The summed E-state index contributed by atoms with van der Waals surface area (Å²) in [5.41, 5.74) is 0.753. The molecule has 0 aliphatic carbocycles. The standard InChI is InChI=1S/C11H18BrN3O/c1-11(2,3)6-8(12)7-13-10(16)9-4-5-14-15-9/h4-5,8H,6-7H2,1-3H3,(H,13,16)(H,14,15). The Morgan fingerprint density at radius 2 is 2.31 bits per heavy atom. The molecule has 0 aromatic carbocycles. The van der Waals surface area contributed by atoms with E-state index < -0.39 is 0 Å². The third-order valence-corrected chi connectivity index (χ3v) is 2.71. The van der Waals surface area contributed by atoms with Crippen LogP contribution in [0.3, 0.4) is 0 Å². The summed E-state index contributed by atoms with van der Waals surface area (Å²) in [6.45, 7) is 7.16. The molecule has 0 saturated heterocycles. The fourth-order valence-electron chi connectivity index (χ4n) is 1.42. The smallest absolute Gasteiger partial charge is 0.269 e. The lowest BCUT2D eigenvalue weighted by Gasteiger charge is -2.22. The molecule has 1 heterocycles. The Morgan fingerprint density at radius 1 is 1.62 bits per heavy atom. The van der Waals surface area contributed by atoms with Crippen LogP contribution in [0.15, 0.2) is 12.3 Å². The molecule has 1 aromatic heterocycles. The number of aromatic amines is 1. The molecule has 0 radical (unpaired) electrons. The predicted octanol–water partition coefficient (Wildman–Crippen LogP) is 2.34. The van der Waals surface area contributed by atoms with Crippen LogP contribution in [0, 0.1) is 5.41 Å². The number of halogens is 1. The van der Waals surface area contributed by atoms with E-state index in [1.165, 1.54) is 0 Å². The second-order valence-electron chi connectivity index (χ2n) is 5.04. The normalized spacial score (nSPS) is 13.5. The molecule has 1 aromatic rings. The number of rotatable bonds is 4. The molecule has 0 spiro atoms. The van der Waals surface area contributed by atoms with E-state index in [-0.39, 0.29) is 11.3 Å². The van der Waals surface area contributed by atoms with Crippen LogP contribution in [0.4, 0.5) is 0 Å². The molecule has 16 heavy (non-hydrogen) atoms. The zero-order valence-corrected chi connectivity index (χ0v) is 11.5. The first kappa shape index (κ1) is 13.2. The molecule has 2 N–H and O–H groups in total. The van der Waals surface area contributed by atoms with E-state index in [9.17, 15) is 4.79 Å². The first-order chi connectivity index (χ1) is 7.38. The highest BCUT2D eigenvalue weighted by Crippen LogP contribution is 2.24. The minimum Gasteiger partial charge on any atom is -0.350 e. The van der Waals surface area contributed by atoms with Gasteiger partial charge in [-0.05, 0) is 17.9 Å². The van der Waals surface area contributed by atoms with Crippen molar-refractivity contribution in [3.05, 3.63) is 18.0 Å². The molecule has 1 atom stereocenters. The maximum atomic E-state index is 11.6. The topological polar surface area (TPSA) is 57.8 Å². The van der Waals surface area contributed by atoms with E-state index in [0.29, 0.717) is 17.1 Å². The lowest BCUT2D eigenvalue weighted by molar-refractivity contribution is 0.0947. The summed E-state index contributed by atoms with van der Waals surface area (Å²) in [5.74, 6) is -0.115. The number of hydrogen-bond donors (Lipinski definition) is 2. The highest BCUT2D eigenvalue weighted by molar-refractivity contribution is 9.09. The Kier molecular flexibility index (Phi) is 4.53. The first-order valence-electron chi connectivity index (χ1n) is 5.30. The molecule has 1 amide bonds. The maximum absolute atomic E-state index is 11.6. The highest BCUT2D eigenvalue weighted by Gasteiger charge is 2.17. The van der Waals surface area contributed by atoms with Gasteiger partial charge in [-0.1, -0.05) is 36.7 Å². The van der Waals surface area contributed by atoms with Gasteiger partial charge in [-0.2, -0.15) is 5.10 Å². The van der Waals surface area contributed by atoms with Crippen LogP contribution in [-0.2, 0) is 0 Å². The van der Waals surface area contributed by atoms with Gasteiger partial charge in [0, 0.05) is 17.6 Å². The summed E-state index contributed by atoms with van der Waals surface area (Å²) in [7, 11) is 0. The lowest BCUT2D eigenvalue weighted by atomic mass is 9.90. The third-order valence-electron chi connectivity index (χ3n) is 2.06. The fourth-order valence-corrected chi connectivity index (χ4v) is 2.55. The van der Waals surface area contributed by atoms with Crippen molar-refractivity contribution < 1.29 is 4.79 Å². The molecule has 1 unspecified atom stereocenters. The molecule has 4 nitrogen and oxygen atoms in total. The van der Waals surface area contributed by atoms with Gasteiger partial charge in [0.15, 0.2) is 0 Å².